The molecular weight excluding hydrogens is 306 g/mol. The van der Waals surface area contributed by atoms with Crippen LogP contribution in [0.3, 0.4) is 0 Å². The van der Waals surface area contributed by atoms with Crippen molar-refractivity contribution in [1.29, 1.82) is 0 Å². The molecule has 3 aromatic rings. The standard InChI is InChI=1S/C16H17N7O/c24-15-6-5-13(10-22-8-7-17-11-22)23(15)9-12-3-1-2-4-14(12)16-18-20-21-19-16/h1-4,7-8,11,13H,5-6,9-10H2,(H,18,19,20,21)/t13-/m0/s1. The zero-order valence-electron chi connectivity index (χ0n) is 13.0. The molecule has 8 nitrogen and oxygen atoms in total. The fourth-order valence-electron chi connectivity index (χ4n) is 3.17. The van der Waals surface area contributed by atoms with Crippen LogP contribution < -0.4 is 0 Å². The van der Waals surface area contributed by atoms with Gasteiger partial charge in [0.15, 0.2) is 0 Å². The molecule has 24 heavy (non-hydrogen) atoms. The third-order valence-electron chi connectivity index (χ3n) is 4.38. The summed E-state index contributed by atoms with van der Waals surface area (Å²) in [5, 5.41) is 14.2. The number of carbonyl (C=O) groups is 1. The number of benzene rings is 1. The molecule has 1 amide bonds. The second kappa shape index (κ2) is 6.23. The molecule has 0 unspecified atom stereocenters. The van der Waals surface area contributed by atoms with Crippen molar-refractivity contribution in [3.05, 3.63) is 48.5 Å². The van der Waals surface area contributed by atoms with Gasteiger partial charge in [-0.1, -0.05) is 24.3 Å². The molecule has 1 N–H and O–H groups in total. The van der Waals surface area contributed by atoms with Crippen LogP contribution in [-0.4, -0.2) is 47.0 Å². The Hall–Kier alpha value is -3.03. The zero-order valence-corrected chi connectivity index (χ0v) is 13.0. The Morgan fingerprint density at radius 1 is 1.29 bits per heavy atom. The summed E-state index contributed by atoms with van der Waals surface area (Å²) in [6.07, 6.45) is 6.92. The Labute approximate surface area is 138 Å². The average Bonchev–Trinajstić information content (AvgIpc) is 3.34. The number of hydrogen-bond acceptors (Lipinski definition) is 5. The number of rotatable bonds is 5. The first kappa shape index (κ1) is 14.6. The first-order valence-electron chi connectivity index (χ1n) is 7.88. The number of aromatic amines is 1. The molecule has 0 aliphatic carbocycles. The average molecular weight is 323 g/mol. The zero-order chi connectivity index (χ0) is 16.4. The number of imidazole rings is 1. The molecule has 3 heterocycles. The molecule has 0 saturated carbocycles. The van der Waals surface area contributed by atoms with Crippen LogP contribution in [-0.2, 0) is 17.9 Å². The molecule has 1 atom stereocenters. The van der Waals surface area contributed by atoms with Crippen molar-refractivity contribution in [2.24, 2.45) is 0 Å². The summed E-state index contributed by atoms with van der Waals surface area (Å²) in [5.74, 6) is 0.728. The number of nitrogens with zero attached hydrogens (tertiary/aromatic N) is 6. The number of nitrogens with one attached hydrogen (secondary N) is 1. The maximum atomic E-state index is 12.4. The molecule has 1 aliphatic rings. The molecule has 2 aromatic heterocycles. The van der Waals surface area contributed by atoms with Gasteiger partial charge in [0.1, 0.15) is 0 Å². The van der Waals surface area contributed by atoms with Gasteiger partial charge in [-0.05, 0) is 17.2 Å². The quantitative estimate of drug-likeness (QED) is 0.763. The number of carbonyl (C=O) groups excluding carboxylic acids is 1. The highest BCUT2D eigenvalue weighted by atomic mass is 16.2. The molecule has 1 saturated heterocycles. The summed E-state index contributed by atoms with van der Waals surface area (Å²) >= 11 is 0. The summed E-state index contributed by atoms with van der Waals surface area (Å²) in [7, 11) is 0. The smallest absolute Gasteiger partial charge is 0.223 e. The molecule has 0 spiro atoms. The van der Waals surface area contributed by atoms with Gasteiger partial charge in [-0.3, -0.25) is 4.79 Å². The van der Waals surface area contributed by atoms with Crippen molar-refractivity contribution in [3.8, 4) is 11.4 Å². The van der Waals surface area contributed by atoms with E-state index in [0.29, 0.717) is 18.8 Å². The Morgan fingerprint density at radius 2 is 2.21 bits per heavy atom. The van der Waals surface area contributed by atoms with Crippen LogP contribution >= 0.6 is 0 Å². The van der Waals surface area contributed by atoms with Gasteiger partial charge in [0, 0.05) is 37.5 Å². The highest BCUT2D eigenvalue weighted by Crippen LogP contribution is 2.26. The SMILES string of the molecule is O=C1CC[C@@H](Cn2ccnc2)N1Cc1ccccc1-c1nn[nH]n1. The molecule has 0 radical (unpaired) electrons. The Kier molecular flexibility index (Phi) is 3.78. The molecule has 4 rings (SSSR count). The van der Waals surface area contributed by atoms with Crippen LogP contribution in [0.15, 0.2) is 43.0 Å². The maximum Gasteiger partial charge on any atom is 0.223 e. The summed E-state index contributed by atoms with van der Waals surface area (Å²) in [5.41, 5.74) is 1.91. The summed E-state index contributed by atoms with van der Waals surface area (Å²) in [6, 6.07) is 8.02. The lowest BCUT2D eigenvalue weighted by atomic mass is 10.1. The number of amides is 1. The van der Waals surface area contributed by atoms with E-state index in [9.17, 15) is 4.79 Å². The predicted octanol–water partition coefficient (Wildman–Crippen LogP) is 1.25. The minimum atomic E-state index is 0.171. The van der Waals surface area contributed by atoms with Crippen LogP contribution in [0.5, 0.6) is 0 Å². The Morgan fingerprint density at radius 3 is 3.00 bits per heavy atom. The molecule has 1 fully saturated rings. The normalized spacial score (nSPS) is 17.6. The van der Waals surface area contributed by atoms with Crippen molar-refractivity contribution in [1.82, 2.24) is 35.1 Å². The van der Waals surface area contributed by atoms with Gasteiger partial charge in [0.2, 0.25) is 11.7 Å². The minimum absolute atomic E-state index is 0.171. The van der Waals surface area contributed by atoms with E-state index in [0.717, 1.165) is 24.1 Å². The lowest BCUT2D eigenvalue weighted by Crippen LogP contribution is -2.35. The van der Waals surface area contributed by atoms with Crippen molar-refractivity contribution in [3.63, 3.8) is 0 Å². The first-order chi connectivity index (χ1) is 11.8. The summed E-state index contributed by atoms with van der Waals surface area (Å²) in [6.45, 7) is 1.30. The van der Waals surface area contributed by atoms with Crippen LogP contribution in [0.2, 0.25) is 0 Å². The molecule has 1 aliphatic heterocycles. The number of hydrogen-bond donors (Lipinski definition) is 1. The predicted molar refractivity (Wildman–Crippen MR) is 85.4 cm³/mol. The van der Waals surface area contributed by atoms with E-state index < -0.39 is 0 Å². The van der Waals surface area contributed by atoms with Gasteiger partial charge >= 0.3 is 0 Å². The number of H-pyrrole nitrogens is 1. The van der Waals surface area contributed by atoms with Crippen LogP contribution in [0, 0.1) is 0 Å². The Balaban J connectivity index is 1.58. The van der Waals surface area contributed by atoms with Crippen LogP contribution in [0.1, 0.15) is 18.4 Å². The van der Waals surface area contributed by atoms with Crippen molar-refractivity contribution < 1.29 is 4.79 Å². The molecular formula is C16H17N7O. The highest BCUT2D eigenvalue weighted by molar-refractivity contribution is 5.79. The number of aromatic nitrogens is 6. The topological polar surface area (TPSA) is 92.6 Å². The van der Waals surface area contributed by atoms with Crippen LogP contribution in [0.25, 0.3) is 11.4 Å². The fraction of sp³-hybridized carbons (Fsp3) is 0.312. The van der Waals surface area contributed by atoms with Gasteiger partial charge in [0.05, 0.1) is 12.4 Å². The Bertz CT molecular complexity index is 813. The monoisotopic (exact) mass is 323 g/mol. The van der Waals surface area contributed by atoms with Gasteiger partial charge < -0.3 is 9.47 Å². The van der Waals surface area contributed by atoms with Gasteiger partial charge in [-0.2, -0.15) is 5.21 Å². The molecule has 122 valence electrons. The molecule has 8 heteroatoms. The van der Waals surface area contributed by atoms with Crippen molar-refractivity contribution in [2.75, 3.05) is 0 Å². The lowest BCUT2D eigenvalue weighted by Gasteiger charge is -2.26. The molecule has 0 bridgehead atoms. The lowest BCUT2D eigenvalue weighted by molar-refractivity contribution is -0.129. The van der Waals surface area contributed by atoms with E-state index in [1.165, 1.54) is 0 Å². The maximum absolute atomic E-state index is 12.4. The van der Waals surface area contributed by atoms with E-state index in [4.69, 9.17) is 0 Å². The fourth-order valence-corrected chi connectivity index (χ4v) is 3.17. The van der Waals surface area contributed by atoms with Gasteiger partial charge in [-0.25, -0.2) is 4.98 Å². The van der Waals surface area contributed by atoms with E-state index in [-0.39, 0.29) is 11.9 Å². The minimum Gasteiger partial charge on any atom is -0.335 e. The second-order valence-corrected chi connectivity index (χ2v) is 5.87. The van der Waals surface area contributed by atoms with Crippen molar-refractivity contribution in [2.45, 2.75) is 32.0 Å². The van der Waals surface area contributed by atoms with E-state index in [1.54, 1.807) is 12.5 Å². The van der Waals surface area contributed by atoms with Gasteiger partial charge in [0.25, 0.3) is 0 Å². The third kappa shape index (κ3) is 2.78. The summed E-state index contributed by atoms with van der Waals surface area (Å²) in [4.78, 5) is 18.4. The van der Waals surface area contributed by atoms with E-state index in [1.807, 2.05) is 39.9 Å². The third-order valence-corrected chi connectivity index (χ3v) is 4.38. The summed E-state index contributed by atoms with van der Waals surface area (Å²) < 4.78 is 2.02. The van der Waals surface area contributed by atoms with Gasteiger partial charge in [-0.15, -0.1) is 10.2 Å². The molecule has 1 aromatic carbocycles. The second-order valence-electron chi connectivity index (χ2n) is 5.87. The highest BCUT2D eigenvalue weighted by Gasteiger charge is 2.31. The largest absolute Gasteiger partial charge is 0.335 e. The number of tetrazole rings is 1. The number of likely N-dealkylation sites (tertiary alicyclic amines) is 1. The van der Waals surface area contributed by atoms with E-state index >= 15 is 0 Å². The van der Waals surface area contributed by atoms with E-state index in [2.05, 4.69) is 25.6 Å². The van der Waals surface area contributed by atoms with Crippen LogP contribution in [0.4, 0.5) is 0 Å². The van der Waals surface area contributed by atoms with Crippen molar-refractivity contribution >= 4 is 5.91 Å². The first-order valence-corrected chi connectivity index (χ1v) is 7.88.